The summed E-state index contributed by atoms with van der Waals surface area (Å²) in [5, 5.41) is 0. The number of rotatable bonds is 0. The molecule has 2 aromatic rings. The second kappa shape index (κ2) is 6.06. The smallest absolute Gasteiger partial charge is 0.0247 e. The summed E-state index contributed by atoms with van der Waals surface area (Å²) in [6, 6.07) is 15.3. The molecule has 0 N–H and O–H groups in total. The Labute approximate surface area is 117 Å². The van der Waals surface area contributed by atoms with E-state index in [2.05, 4.69) is 70.2 Å². The minimum atomic E-state index is 0.867. The molecular formula is C19H24. The lowest BCUT2D eigenvalue weighted by Crippen LogP contribution is -1.89. The van der Waals surface area contributed by atoms with Crippen LogP contribution in [0.1, 0.15) is 34.7 Å². The van der Waals surface area contributed by atoms with E-state index in [0.29, 0.717) is 0 Å². The van der Waals surface area contributed by atoms with Crippen molar-refractivity contribution in [2.45, 2.75) is 40.5 Å². The summed E-state index contributed by atoms with van der Waals surface area (Å²) in [6.07, 6.45) is 2.58. The molecule has 0 nitrogen and oxygen atoms in total. The maximum absolute atomic E-state index is 2.33. The van der Waals surface area contributed by atoms with Gasteiger partial charge in [-0.1, -0.05) is 66.1 Å². The molecule has 0 heteroatoms. The topological polar surface area (TPSA) is 0 Å². The first-order valence-electron chi connectivity index (χ1n) is 7.16. The molecule has 100 valence electrons. The Morgan fingerprint density at radius 3 is 1.74 bits per heavy atom. The largest absolute Gasteiger partial charge is 0.0619 e. The van der Waals surface area contributed by atoms with Crippen molar-refractivity contribution in [1.82, 2.24) is 0 Å². The Balaban J connectivity index is 0.000000148. The zero-order valence-corrected chi connectivity index (χ0v) is 12.5. The van der Waals surface area contributed by atoms with Crippen LogP contribution in [0, 0.1) is 26.7 Å². The Morgan fingerprint density at radius 1 is 0.684 bits per heavy atom. The fourth-order valence-corrected chi connectivity index (χ4v) is 2.60. The van der Waals surface area contributed by atoms with Gasteiger partial charge in [0.2, 0.25) is 0 Å². The van der Waals surface area contributed by atoms with Crippen LogP contribution in [-0.4, -0.2) is 0 Å². The molecule has 0 aromatic heterocycles. The first-order valence-corrected chi connectivity index (χ1v) is 7.16. The molecule has 0 heterocycles. The van der Waals surface area contributed by atoms with Gasteiger partial charge in [0.15, 0.2) is 0 Å². The molecule has 1 aliphatic carbocycles. The molecule has 0 radical (unpaired) electrons. The van der Waals surface area contributed by atoms with Crippen LogP contribution in [0.15, 0.2) is 42.5 Å². The highest BCUT2D eigenvalue weighted by atomic mass is 14.2. The van der Waals surface area contributed by atoms with Crippen LogP contribution in [-0.2, 0) is 12.8 Å². The minimum absolute atomic E-state index is 0.867. The van der Waals surface area contributed by atoms with E-state index < -0.39 is 0 Å². The molecule has 2 aromatic carbocycles. The third-order valence-electron chi connectivity index (χ3n) is 3.72. The maximum Gasteiger partial charge on any atom is -0.0247 e. The zero-order valence-electron chi connectivity index (χ0n) is 12.5. The summed E-state index contributed by atoms with van der Waals surface area (Å²) in [6.45, 7) is 8.69. The van der Waals surface area contributed by atoms with Gasteiger partial charge in [-0.25, -0.2) is 0 Å². The highest BCUT2D eigenvalue weighted by Crippen LogP contribution is 2.26. The van der Waals surface area contributed by atoms with Crippen molar-refractivity contribution in [2.75, 3.05) is 0 Å². The van der Waals surface area contributed by atoms with Crippen molar-refractivity contribution in [3.8, 4) is 0 Å². The summed E-state index contributed by atoms with van der Waals surface area (Å²) in [4.78, 5) is 0. The molecule has 3 rings (SSSR count). The van der Waals surface area contributed by atoms with Gasteiger partial charge in [-0.05, 0) is 50.7 Å². The summed E-state index contributed by atoms with van der Waals surface area (Å²) in [5.41, 5.74) is 7.21. The molecule has 0 saturated carbocycles. The van der Waals surface area contributed by atoms with Gasteiger partial charge in [0.25, 0.3) is 0 Å². The monoisotopic (exact) mass is 252 g/mol. The van der Waals surface area contributed by atoms with Gasteiger partial charge < -0.3 is 0 Å². The molecule has 0 amide bonds. The summed E-state index contributed by atoms with van der Waals surface area (Å²) in [7, 11) is 0. The maximum atomic E-state index is 2.33. The Hall–Kier alpha value is -1.56. The second-order valence-corrected chi connectivity index (χ2v) is 5.94. The number of benzene rings is 2. The van der Waals surface area contributed by atoms with Crippen molar-refractivity contribution in [3.05, 3.63) is 70.3 Å². The van der Waals surface area contributed by atoms with Crippen molar-refractivity contribution in [2.24, 2.45) is 5.92 Å². The molecule has 19 heavy (non-hydrogen) atoms. The second-order valence-electron chi connectivity index (χ2n) is 5.94. The van der Waals surface area contributed by atoms with E-state index in [1.54, 1.807) is 11.1 Å². The van der Waals surface area contributed by atoms with Gasteiger partial charge in [0.05, 0.1) is 0 Å². The lowest BCUT2D eigenvalue weighted by atomic mass is 10.1. The van der Waals surface area contributed by atoms with E-state index in [1.165, 1.54) is 29.5 Å². The van der Waals surface area contributed by atoms with Crippen LogP contribution in [0.2, 0.25) is 0 Å². The van der Waals surface area contributed by atoms with Gasteiger partial charge in [0, 0.05) is 0 Å². The highest BCUT2D eigenvalue weighted by Gasteiger charge is 2.16. The predicted octanol–water partition coefficient (Wildman–Crippen LogP) is 5.03. The average molecular weight is 252 g/mol. The number of hydrogen-bond donors (Lipinski definition) is 0. The molecule has 0 bridgehead atoms. The molecule has 1 aliphatic rings. The van der Waals surface area contributed by atoms with E-state index >= 15 is 0 Å². The van der Waals surface area contributed by atoms with Crippen LogP contribution in [0.5, 0.6) is 0 Å². The number of hydrogen-bond acceptors (Lipinski definition) is 0. The minimum Gasteiger partial charge on any atom is -0.0619 e. The van der Waals surface area contributed by atoms with E-state index in [0.717, 1.165) is 5.92 Å². The fraction of sp³-hybridized carbons (Fsp3) is 0.368. The number of aryl methyl sites for hydroxylation is 3. The van der Waals surface area contributed by atoms with Crippen molar-refractivity contribution in [3.63, 3.8) is 0 Å². The van der Waals surface area contributed by atoms with Gasteiger partial charge in [-0.3, -0.25) is 0 Å². The first-order chi connectivity index (χ1) is 9.04. The fourth-order valence-electron chi connectivity index (χ4n) is 2.60. The van der Waals surface area contributed by atoms with Crippen LogP contribution in [0.4, 0.5) is 0 Å². The Morgan fingerprint density at radius 2 is 1.16 bits per heavy atom. The van der Waals surface area contributed by atoms with Crippen LogP contribution in [0.25, 0.3) is 0 Å². The third kappa shape index (κ3) is 3.96. The van der Waals surface area contributed by atoms with Gasteiger partial charge >= 0.3 is 0 Å². The number of fused-ring (bicyclic) bond motifs is 1. The van der Waals surface area contributed by atoms with Gasteiger partial charge in [0.1, 0.15) is 0 Å². The van der Waals surface area contributed by atoms with E-state index in [1.807, 2.05) is 0 Å². The molecule has 0 saturated heterocycles. The van der Waals surface area contributed by atoms with E-state index in [-0.39, 0.29) is 0 Å². The SMILES string of the molecule is Cc1ccc(C)cc1.Cc1ccc2c(c1)CC(C)C2. The van der Waals surface area contributed by atoms with Gasteiger partial charge in [-0.2, -0.15) is 0 Å². The van der Waals surface area contributed by atoms with Crippen molar-refractivity contribution >= 4 is 0 Å². The quantitative estimate of drug-likeness (QED) is 0.616. The van der Waals surface area contributed by atoms with Crippen LogP contribution in [0.3, 0.4) is 0 Å². The molecule has 1 unspecified atom stereocenters. The summed E-state index contributed by atoms with van der Waals surface area (Å²) >= 11 is 0. The van der Waals surface area contributed by atoms with E-state index in [4.69, 9.17) is 0 Å². The molecule has 0 aliphatic heterocycles. The average Bonchev–Trinajstić information content (AvgIpc) is 2.73. The van der Waals surface area contributed by atoms with Crippen LogP contribution < -0.4 is 0 Å². The highest BCUT2D eigenvalue weighted by molar-refractivity contribution is 5.35. The van der Waals surface area contributed by atoms with Crippen LogP contribution >= 0.6 is 0 Å². The summed E-state index contributed by atoms with van der Waals surface area (Å²) < 4.78 is 0. The van der Waals surface area contributed by atoms with Crippen molar-refractivity contribution < 1.29 is 0 Å². The molecular weight excluding hydrogens is 228 g/mol. The third-order valence-corrected chi connectivity index (χ3v) is 3.72. The lowest BCUT2D eigenvalue weighted by molar-refractivity contribution is 0.628. The first kappa shape index (κ1) is 13.9. The van der Waals surface area contributed by atoms with E-state index in [9.17, 15) is 0 Å². The normalized spacial score (nSPS) is 16.5. The zero-order chi connectivity index (χ0) is 13.8. The standard InChI is InChI=1S/C11H14.C8H10/c1-8-3-4-10-6-9(2)7-11(10)5-8;1-7-3-5-8(2)6-4-7/h3-5,9H,6-7H2,1-2H3;3-6H,1-2H3. The molecule has 0 fully saturated rings. The Bertz CT molecular complexity index is 513. The molecule has 1 atom stereocenters. The lowest BCUT2D eigenvalue weighted by Gasteiger charge is -1.98. The summed E-state index contributed by atoms with van der Waals surface area (Å²) in [5.74, 6) is 0.867. The van der Waals surface area contributed by atoms with Gasteiger partial charge in [-0.15, -0.1) is 0 Å². The van der Waals surface area contributed by atoms with Crippen molar-refractivity contribution in [1.29, 1.82) is 0 Å². The molecule has 0 spiro atoms. The predicted molar refractivity (Wildman–Crippen MR) is 83.7 cm³/mol. The Kier molecular flexibility index (Phi) is 4.42.